The second-order valence-electron chi connectivity index (χ2n) is 13.5. The number of nitriles is 1. The molecule has 0 N–H and O–H groups in total. The van der Waals surface area contributed by atoms with Crippen molar-refractivity contribution >= 4 is 40.7 Å². The Kier molecular flexibility index (Phi) is 10.2. The minimum absolute atomic E-state index is 0.0293. The van der Waals surface area contributed by atoms with Crippen molar-refractivity contribution in [3.8, 4) is 11.8 Å². The standard InChI is InChI=1S/C34H42F3N5O4S/c1-9-23-16-26(12-13-28(23)45-15-14-39-19-21(2)40(22(3)20-39)31(44)46-32(4,5)6)42-30(47)41(29(43)33(42,7)8)25-11-10-24(18-38)27(17-25)34(35,36)37/h10-13,16-17,21-22H,9,14-15,19-20H2,1-8H3. The third kappa shape index (κ3) is 7.49. The number of hydrogen-bond acceptors (Lipinski definition) is 7. The molecule has 2 aromatic rings. The zero-order valence-corrected chi connectivity index (χ0v) is 28.9. The van der Waals surface area contributed by atoms with Crippen LogP contribution in [0.5, 0.6) is 5.75 Å². The van der Waals surface area contributed by atoms with Crippen molar-refractivity contribution in [3.05, 3.63) is 53.1 Å². The minimum atomic E-state index is -4.78. The molecule has 4 rings (SSSR count). The first kappa shape index (κ1) is 36.0. The normalized spacial score (nSPS) is 20.4. The zero-order valence-electron chi connectivity index (χ0n) is 28.1. The van der Waals surface area contributed by atoms with Gasteiger partial charge in [0.05, 0.1) is 22.9 Å². The molecule has 0 aromatic heterocycles. The van der Waals surface area contributed by atoms with Gasteiger partial charge in [0.2, 0.25) is 0 Å². The number of carbonyl (C=O) groups is 2. The monoisotopic (exact) mass is 673 g/mol. The van der Waals surface area contributed by atoms with Crippen LogP contribution in [0.4, 0.5) is 29.3 Å². The molecule has 2 amide bonds. The molecule has 2 aliphatic rings. The van der Waals surface area contributed by atoms with Gasteiger partial charge in [0.25, 0.3) is 5.91 Å². The zero-order chi connectivity index (χ0) is 35.1. The van der Waals surface area contributed by atoms with Gasteiger partial charge < -0.3 is 19.3 Å². The number of piperazine rings is 1. The number of halogens is 3. The molecule has 2 aromatic carbocycles. The summed E-state index contributed by atoms with van der Waals surface area (Å²) in [5.41, 5.74) is -2.02. The lowest BCUT2D eigenvalue weighted by Crippen LogP contribution is -2.59. The molecule has 0 spiro atoms. The van der Waals surface area contributed by atoms with Crippen molar-refractivity contribution in [1.82, 2.24) is 9.80 Å². The highest BCUT2D eigenvalue weighted by Gasteiger charge is 2.51. The molecule has 2 fully saturated rings. The average molecular weight is 674 g/mol. The highest BCUT2D eigenvalue weighted by Crippen LogP contribution is 2.40. The van der Waals surface area contributed by atoms with E-state index in [1.807, 2.05) is 53.7 Å². The largest absolute Gasteiger partial charge is 0.492 e. The van der Waals surface area contributed by atoms with Crippen molar-refractivity contribution in [3.63, 3.8) is 0 Å². The van der Waals surface area contributed by atoms with Gasteiger partial charge in [0, 0.05) is 37.4 Å². The van der Waals surface area contributed by atoms with Gasteiger partial charge in [-0.05, 0) is 109 Å². The summed E-state index contributed by atoms with van der Waals surface area (Å²) in [6.45, 7) is 17.3. The molecule has 47 heavy (non-hydrogen) atoms. The van der Waals surface area contributed by atoms with Gasteiger partial charge in [-0.15, -0.1) is 0 Å². The number of amides is 2. The van der Waals surface area contributed by atoms with Gasteiger partial charge in [-0.25, -0.2) is 4.79 Å². The number of nitrogens with zero attached hydrogens (tertiary/aromatic N) is 5. The number of rotatable bonds is 7. The lowest BCUT2D eigenvalue weighted by atomic mass is 10.0. The van der Waals surface area contributed by atoms with E-state index in [4.69, 9.17) is 21.7 Å². The maximum Gasteiger partial charge on any atom is 0.417 e. The van der Waals surface area contributed by atoms with Crippen LogP contribution in [0.1, 0.15) is 72.1 Å². The third-order valence-electron chi connectivity index (χ3n) is 8.30. The molecule has 0 radical (unpaired) electrons. The fourth-order valence-electron chi connectivity index (χ4n) is 6.16. The molecule has 0 aliphatic carbocycles. The van der Waals surface area contributed by atoms with E-state index in [0.717, 1.165) is 22.6 Å². The van der Waals surface area contributed by atoms with Crippen LogP contribution in [0.3, 0.4) is 0 Å². The van der Waals surface area contributed by atoms with Crippen LogP contribution >= 0.6 is 12.2 Å². The molecular formula is C34H42F3N5O4S. The second-order valence-corrected chi connectivity index (χ2v) is 13.9. The fraction of sp³-hybridized carbons (Fsp3) is 0.529. The molecule has 9 nitrogen and oxygen atoms in total. The molecule has 2 heterocycles. The second kappa shape index (κ2) is 13.3. The topological polar surface area (TPSA) is 89.4 Å². The Morgan fingerprint density at radius 2 is 1.68 bits per heavy atom. The van der Waals surface area contributed by atoms with Crippen LogP contribution in [-0.2, 0) is 22.1 Å². The summed E-state index contributed by atoms with van der Waals surface area (Å²) in [4.78, 5) is 33.1. The van der Waals surface area contributed by atoms with Crippen molar-refractivity contribution in [1.29, 1.82) is 5.26 Å². The van der Waals surface area contributed by atoms with Crippen molar-refractivity contribution < 1.29 is 32.2 Å². The van der Waals surface area contributed by atoms with Crippen molar-refractivity contribution in [2.75, 3.05) is 36.0 Å². The van der Waals surface area contributed by atoms with Gasteiger partial charge in [0.15, 0.2) is 5.11 Å². The van der Waals surface area contributed by atoms with Crippen LogP contribution in [0.25, 0.3) is 0 Å². The molecule has 0 saturated carbocycles. The number of anilines is 2. The summed E-state index contributed by atoms with van der Waals surface area (Å²) in [7, 11) is 0. The quantitative estimate of drug-likeness (QED) is 0.298. The van der Waals surface area contributed by atoms with E-state index in [9.17, 15) is 28.0 Å². The van der Waals surface area contributed by atoms with Gasteiger partial charge in [0.1, 0.15) is 23.5 Å². The van der Waals surface area contributed by atoms with Gasteiger partial charge in [-0.1, -0.05) is 6.92 Å². The minimum Gasteiger partial charge on any atom is -0.492 e. The summed E-state index contributed by atoms with van der Waals surface area (Å²) >= 11 is 5.69. The average Bonchev–Trinajstić information content (AvgIpc) is 3.13. The summed E-state index contributed by atoms with van der Waals surface area (Å²) in [6.07, 6.45) is -4.47. The fourth-order valence-corrected chi connectivity index (χ4v) is 6.68. The number of alkyl halides is 3. The first-order chi connectivity index (χ1) is 21.8. The number of carbonyl (C=O) groups excluding carboxylic acids is 2. The number of benzene rings is 2. The summed E-state index contributed by atoms with van der Waals surface area (Å²) < 4.78 is 52.9. The lowest BCUT2D eigenvalue weighted by Gasteiger charge is -2.44. The van der Waals surface area contributed by atoms with Gasteiger partial charge in [-0.2, -0.15) is 18.4 Å². The van der Waals surface area contributed by atoms with Crippen molar-refractivity contribution in [2.24, 2.45) is 0 Å². The molecule has 2 unspecified atom stereocenters. The highest BCUT2D eigenvalue weighted by molar-refractivity contribution is 7.81. The molecule has 2 aliphatic heterocycles. The van der Waals surface area contributed by atoms with Gasteiger partial charge >= 0.3 is 12.3 Å². The van der Waals surface area contributed by atoms with Crippen LogP contribution in [0.2, 0.25) is 0 Å². The van der Waals surface area contributed by atoms with E-state index < -0.39 is 34.4 Å². The maximum absolute atomic E-state index is 13.7. The number of aryl methyl sites for hydroxylation is 1. The Morgan fingerprint density at radius 3 is 2.23 bits per heavy atom. The Balaban J connectivity index is 1.47. The van der Waals surface area contributed by atoms with E-state index in [0.29, 0.717) is 44.1 Å². The summed E-state index contributed by atoms with van der Waals surface area (Å²) in [5, 5.41) is 9.22. The molecule has 254 valence electrons. The SMILES string of the molecule is CCc1cc(N2C(=S)N(c3ccc(C#N)c(C(F)(F)F)c3)C(=O)C2(C)C)ccc1OCCN1CC(C)N(C(=O)OC(C)(C)C)C(C)C1. The number of thiocarbonyl (C=S) groups is 1. The highest BCUT2D eigenvalue weighted by atomic mass is 32.1. The summed E-state index contributed by atoms with van der Waals surface area (Å²) in [5.74, 6) is 0.187. The molecule has 2 saturated heterocycles. The molecule has 13 heteroatoms. The lowest BCUT2D eigenvalue weighted by molar-refractivity contribution is -0.137. The van der Waals surface area contributed by atoms with E-state index in [1.54, 1.807) is 35.8 Å². The van der Waals surface area contributed by atoms with E-state index in [1.165, 1.54) is 6.07 Å². The van der Waals surface area contributed by atoms with Crippen LogP contribution in [-0.4, -0.2) is 76.4 Å². The van der Waals surface area contributed by atoms with Gasteiger partial charge in [-0.3, -0.25) is 14.6 Å². The van der Waals surface area contributed by atoms with Crippen molar-refractivity contribution in [2.45, 2.75) is 91.2 Å². The number of hydrogen-bond donors (Lipinski definition) is 0. The Bertz CT molecular complexity index is 1570. The third-order valence-corrected chi connectivity index (χ3v) is 8.67. The molecular weight excluding hydrogens is 631 g/mol. The predicted octanol–water partition coefficient (Wildman–Crippen LogP) is 6.76. The van der Waals surface area contributed by atoms with E-state index in [2.05, 4.69) is 4.90 Å². The Hall–Kier alpha value is -3.89. The van der Waals surface area contributed by atoms with E-state index in [-0.39, 0.29) is 29.0 Å². The number of ether oxygens (including phenoxy) is 2. The first-order valence-electron chi connectivity index (χ1n) is 15.6. The smallest absolute Gasteiger partial charge is 0.417 e. The molecule has 2 atom stereocenters. The van der Waals surface area contributed by atoms with Crippen LogP contribution < -0.4 is 14.5 Å². The molecule has 0 bridgehead atoms. The summed E-state index contributed by atoms with van der Waals surface area (Å²) in [6, 6.07) is 10.1. The Labute approximate surface area is 279 Å². The Morgan fingerprint density at radius 1 is 1.06 bits per heavy atom. The first-order valence-corrected chi connectivity index (χ1v) is 16.0. The van der Waals surface area contributed by atoms with Crippen LogP contribution in [0.15, 0.2) is 36.4 Å². The predicted molar refractivity (Wildman–Crippen MR) is 178 cm³/mol. The maximum atomic E-state index is 13.7. The van der Waals surface area contributed by atoms with Crippen LogP contribution in [0, 0.1) is 11.3 Å². The van der Waals surface area contributed by atoms with E-state index >= 15 is 0 Å².